The maximum atomic E-state index is 11.8. The number of carbonyl (C=O) groups is 1. The van der Waals surface area contributed by atoms with Gasteiger partial charge in [-0.3, -0.25) is 4.79 Å². The second-order valence-electron chi connectivity index (χ2n) is 4.69. The van der Waals surface area contributed by atoms with Crippen molar-refractivity contribution in [1.29, 1.82) is 0 Å². The van der Waals surface area contributed by atoms with Crippen molar-refractivity contribution in [2.45, 2.75) is 13.0 Å². The highest BCUT2D eigenvalue weighted by atomic mass is 79.9. The fourth-order valence-corrected chi connectivity index (χ4v) is 2.63. The Hall–Kier alpha value is -2.01. The standard InChI is InChI=1S/C16H17BrN2O2/c1-10-5-3-4-6-13(10)19-15(16(18)20)11-7-8-14(21-2)12(17)9-11/h3-9,15,19H,1-2H3,(H2,18,20). The van der Waals surface area contributed by atoms with Gasteiger partial charge in [0.1, 0.15) is 11.8 Å². The minimum Gasteiger partial charge on any atom is -0.496 e. The van der Waals surface area contributed by atoms with Crippen LogP contribution in [0.25, 0.3) is 0 Å². The number of anilines is 1. The van der Waals surface area contributed by atoms with E-state index in [0.29, 0.717) is 5.75 Å². The number of benzene rings is 2. The lowest BCUT2D eigenvalue weighted by Gasteiger charge is -2.19. The zero-order valence-corrected chi connectivity index (χ0v) is 13.5. The molecule has 21 heavy (non-hydrogen) atoms. The molecule has 0 radical (unpaired) electrons. The zero-order chi connectivity index (χ0) is 15.4. The Kier molecular flexibility index (Phi) is 4.85. The first-order valence-electron chi connectivity index (χ1n) is 6.48. The molecule has 110 valence electrons. The first-order chi connectivity index (χ1) is 10.0. The van der Waals surface area contributed by atoms with Crippen molar-refractivity contribution in [3.8, 4) is 5.75 Å². The summed E-state index contributed by atoms with van der Waals surface area (Å²) in [6.45, 7) is 1.98. The van der Waals surface area contributed by atoms with Crippen LogP contribution in [0.4, 0.5) is 5.69 Å². The van der Waals surface area contributed by atoms with Gasteiger partial charge in [0.05, 0.1) is 11.6 Å². The molecule has 0 fully saturated rings. The fraction of sp³-hybridized carbons (Fsp3) is 0.188. The number of halogens is 1. The van der Waals surface area contributed by atoms with Crippen LogP contribution in [0.2, 0.25) is 0 Å². The zero-order valence-electron chi connectivity index (χ0n) is 11.9. The third kappa shape index (κ3) is 3.55. The van der Waals surface area contributed by atoms with E-state index in [1.165, 1.54) is 0 Å². The molecular weight excluding hydrogens is 332 g/mol. The van der Waals surface area contributed by atoms with Crippen LogP contribution >= 0.6 is 15.9 Å². The number of hydrogen-bond donors (Lipinski definition) is 2. The summed E-state index contributed by atoms with van der Waals surface area (Å²) in [5, 5.41) is 3.19. The van der Waals surface area contributed by atoms with E-state index in [1.54, 1.807) is 13.2 Å². The summed E-state index contributed by atoms with van der Waals surface area (Å²) in [7, 11) is 1.59. The Morgan fingerprint density at radius 2 is 2.00 bits per heavy atom. The number of amides is 1. The molecule has 0 aliphatic rings. The average Bonchev–Trinajstić information content (AvgIpc) is 2.46. The van der Waals surface area contributed by atoms with E-state index in [9.17, 15) is 4.79 Å². The van der Waals surface area contributed by atoms with Gasteiger partial charge >= 0.3 is 0 Å². The number of nitrogens with one attached hydrogen (secondary N) is 1. The molecule has 0 saturated carbocycles. The molecule has 0 saturated heterocycles. The number of rotatable bonds is 5. The van der Waals surface area contributed by atoms with Gasteiger partial charge in [0, 0.05) is 5.69 Å². The summed E-state index contributed by atoms with van der Waals surface area (Å²) in [6, 6.07) is 12.6. The summed E-state index contributed by atoms with van der Waals surface area (Å²) in [5.74, 6) is 0.271. The predicted octanol–water partition coefficient (Wildman–Crippen LogP) is 3.40. The third-order valence-electron chi connectivity index (χ3n) is 3.24. The number of ether oxygens (including phenoxy) is 1. The van der Waals surface area contributed by atoms with Crippen molar-refractivity contribution >= 4 is 27.5 Å². The second-order valence-corrected chi connectivity index (χ2v) is 5.54. The van der Waals surface area contributed by atoms with Gasteiger partial charge < -0.3 is 15.8 Å². The molecule has 1 amide bonds. The molecule has 4 nitrogen and oxygen atoms in total. The highest BCUT2D eigenvalue weighted by Gasteiger charge is 2.19. The lowest BCUT2D eigenvalue weighted by Crippen LogP contribution is -2.28. The highest BCUT2D eigenvalue weighted by molar-refractivity contribution is 9.10. The molecular formula is C16H17BrN2O2. The molecule has 3 N–H and O–H groups in total. The summed E-state index contributed by atoms with van der Waals surface area (Å²) < 4.78 is 5.97. The molecule has 5 heteroatoms. The van der Waals surface area contributed by atoms with Crippen molar-refractivity contribution in [3.05, 3.63) is 58.1 Å². The van der Waals surface area contributed by atoms with Gasteiger partial charge in [-0.1, -0.05) is 24.3 Å². The summed E-state index contributed by atoms with van der Waals surface area (Å²) in [4.78, 5) is 11.8. The van der Waals surface area contributed by atoms with Gasteiger partial charge in [-0.2, -0.15) is 0 Å². The number of para-hydroxylation sites is 1. The number of hydrogen-bond acceptors (Lipinski definition) is 3. The van der Waals surface area contributed by atoms with Crippen LogP contribution < -0.4 is 15.8 Å². The minimum absolute atomic E-state index is 0.435. The Morgan fingerprint density at radius 1 is 1.29 bits per heavy atom. The van der Waals surface area contributed by atoms with Crippen molar-refractivity contribution in [2.24, 2.45) is 5.73 Å². The van der Waals surface area contributed by atoms with E-state index in [2.05, 4.69) is 21.2 Å². The topological polar surface area (TPSA) is 64.3 Å². The molecule has 0 aliphatic carbocycles. The van der Waals surface area contributed by atoms with Gasteiger partial charge in [0.25, 0.3) is 0 Å². The van der Waals surface area contributed by atoms with Crippen LogP contribution in [-0.4, -0.2) is 13.0 Å². The third-order valence-corrected chi connectivity index (χ3v) is 3.86. The smallest absolute Gasteiger partial charge is 0.244 e. The van der Waals surface area contributed by atoms with Gasteiger partial charge in [-0.15, -0.1) is 0 Å². The number of aryl methyl sites for hydroxylation is 1. The average molecular weight is 349 g/mol. The van der Waals surface area contributed by atoms with Crippen LogP contribution in [0, 0.1) is 6.92 Å². The van der Waals surface area contributed by atoms with E-state index in [4.69, 9.17) is 10.5 Å². The first kappa shape index (κ1) is 15.4. The summed E-state index contributed by atoms with van der Waals surface area (Å²) >= 11 is 3.42. The van der Waals surface area contributed by atoms with Crippen LogP contribution in [0.3, 0.4) is 0 Å². The molecule has 1 unspecified atom stereocenters. The largest absolute Gasteiger partial charge is 0.496 e. The molecule has 0 bridgehead atoms. The van der Waals surface area contributed by atoms with Crippen molar-refractivity contribution < 1.29 is 9.53 Å². The van der Waals surface area contributed by atoms with Crippen LogP contribution in [0.15, 0.2) is 46.9 Å². The molecule has 1 atom stereocenters. The molecule has 2 aromatic carbocycles. The summed E-state index contributed by atoms with van der Waals surface area (Å²) in [6.07, 6.45) is 0. The van der Waals surface area contributed by atoms with Gasteiger partial charge in [0.15, 0.2) is 0 Å². The highest BCUT2D eigenvalue weighted by Crippen LogP contribution is 2.30. The maximum absolute atomic E-state index is 11.8. The number of nitrogens with two attached hydrogens (primary N) is 1. The van der Waals surface area contributed by atoms with Crippen molar-refractivity contribution in [1.82, 2.24) is 0 Å². The molecule has 2 aromatic rings. The van der Waals surface area contributed by atoms with Crippen LogP contribution in [-0.2, 0) is 4.79 Å². The monoisotopic (exact) mass is 348 g/mol. The normalized spacial score (nSPS) is 11.8. The number of methoxy groups -OCH3 is 1. The Morgan fingerprint density at radius 3 is 2.57 bits per heavy atom. The lowest BCUT2D eigenvalue weighted by atomic mass is 10.0. The molecule has 0 aliphatic heterocycles. The van der Waals surface area contributed by atoms with E-state index in [1.807, 2.05) is 43.3 Å². The number of primary amides is 1. The Bertz CT molecular complexity index is 658. The lowest BCUT2D eigenvalue weighted by molar-refractivity contribution is -0.118. The minimum atomic E-state index is -0.603. The van der Waals surface area contributed by atoms with Crippen LogP contribution in [0.1, 0.15) is 17.2 Å². The molecule has 0 spiro atoms. The maximum Gasteiger partial charge on any atom is 0.244 e. The van der Waals surface area contributed by atoms with Gasteiger partial charge in [0.2, 0.25) is 5.91 Å². The van der Waals surface area contributed by atoms with Gasteiger partial charge in [-0.25, -0.2) is 0 Å². The van der Waals surface area contributed by atoms with E-state index >= 15 is 0 Å². The Labute approximate surface area is 132 Å². The quantitative estimate of drug-likeness (QED) is 0.870. The second kappa shape index (κ2) is 6.63. The summed E-state index contributed by atoms with van der Waals surface area (Å²) in [5.41, 5.74) is 8.25. The fourth-order valence-electron chi connectivity index (χ4n) is 2.07. The van der Waals surface area contributed by atoms with E-state index in [0.717, 1.165) is 21.3 Å². The van der Waals surface area contributed by atoms with E-state index < -0.39 is 11.9 Å². The molecule has 0 aromatic heterocycles. The van der Waals surface area contributed by atoms with E-state index in [-0.39, 0.29) is 0 Å². The van der Waals surface area contributed by atoms with Crippen molar-refractivity contribution in [2.75, 3.05) is 12.4 Å². The SMILES string of the molecule is COc1ccc(C(Nc2ccccc2C)C(N)=O)cc1Br. The van der Waals surface area contributed by atoms with Crippen molar-refractivity contribution in [3.63, 3.8) is 0 Å². The van der Waals surface area contributed by atoms with Crippen LogP contribution in [0.5, 0.6) is 5.75 Å². The Balaban J connectivity index is 2.34. The number of carbonyl (C=O) groups excluding carboxylic acids is 1. The first-order valence-corrected chi connectivity index (χ1v) is 7.27. The molecule has 2 rings (SSSR count). The van der Waals surface area contributed by atoms with Gasteiger partial charge in [-0.05, 0) is 52.2 Å². The molecule has 0 heterocycles. The predicted molar refractivity (Wildman–Crippen MR) is 87.4 cm³/mol.